The number of hydrogen-bond acceptors (Lipinski definition) is 4. The first-order chi connectivity index (χ1) is 9.61. The fourth-order valence-electron chi connectivity index (χ4n) is 2.06. The summed E-state index contributed by atoms with van der Waals surface area (Å²) in [7, 11) is 1.52. The molecule has 7 nitrogen and oxygen atoms in total. The van der Waals surface area contributed by atoms with Crippen LogP contribution in [-0.2, 0) is 0 Å². The van der Waals surface area contributed by atoms with Crippen molar-refractivity contribution in [3.8, 4) is 5.75 Å². The van der Waals surface area contributed by atoms with Crippen LogP contribution in [0, 0.1) is 0 Å². The van der Waals surface area contributed by atoms with Gasteiger partial charge < -0.3 is 20.5 Å². The molecule has 7 heteroatoms. The molecule has 1 heterocycles. The van der Waals surface area contributed by atoms with Gasteiger partial charge in [0.05, 0.1) is 7.11 Å². The summed E-state index contributed by atoms with van der Waals surface area (Å²) in [5.41, 5.74) is 0.431. The Bertz CT molecular complexity index is 506. The zero-order chi connectivity index (χ0) is 14.5. The van der Waals surface area contributed by atoms with Crippen molar-refractivity contribution in [3.63, 3.8) is 0 Å². The summed E-state index contributed by atoms with van der Waals surface area (Å²) in [5, 5.41) is 14.9. The fraction of sp³-hybridized carbons (Fsp3) is 0.385. The molecule has 2 amide bonds. The summed E-state index contributed by atoms with van der Waals surface area (Å²) in [6, 6.07) is 6.71. The van der Waals surface area contributed by atoms with E-state index in [1.807, 2.05) is 0 Å². The third-order valence-corrected chi connectivity index (χ3v) is 3.12. The Balaban J connectivity index is 2.07. The zero-order valence-electron chi connectivity index (χ0n) is 11.1. The van der Waals surface area contributed by atoms with Gasteiger partial charge in [0.2, 0.25) is 0 Å². The second-order valence-electron chi connectivity index (χ2n) is 4.40. The summed E-state index contributed by atoms with van der Waals surface area (Å²) < 4.78 is 5.06. The quantitative estimate of drug-likeness (QED) is 0.742. The first kappa shape index (κ1) is 14.1. The highest BCUT2D eigenvalue weighted by Crippen LogP contribution is 2.13. The van der Waals surface area contributed by atoms with Crippen LogP contribution in [-0.4, -0.2) is 54.9 Å². The maximum atomic E-state index is 12.1. The average molecular weight is 279 g/mol. The predicted octanol–water partition coefficient (Wildman–Crippen LogP) is 0.334. The zero-order valence-corrected chi connectivity index (χ0v) is 11.1. The Kier molecular flexibility index (Phi) is 4.41. The number of nitrogens with one attached hydrogen (secondary N) is 2. The number of ether oxygens (including phenoxy) is 1. The molecule has 1 saturated heterocycles. The highest BCUT2D eigenvalue weighted by molar-refractivity contribution is 5.94. The fourth-order valence-corrected chi connectivity index (χ4v) is 2.06. The van der Waals surface area contributed by atoms with Gasteiger partial charge in [-0.2, -0.15) is 0 Å². The molecule has 1 aromatic carbocycles. The SMILES string of the molecule is COc1cccc(C(=O)NC2CNCCN2C(=O)O)c1. The van der Waals surface area contributed by atoms with Gasteiger partial charge in [-0.3, -0.25) is 9.69 Å². The van der Waals surface area contributed by atoms with Crippen LogP contribution in [0.15, 0.2) is 24.3 Å². The Morgan fingerprint density at radius 3 is 3.00 bits per heavy atom. The van der Waals surface area contributed by atoms with E-state index in [0.717, 1.165) is 0 Å². The van der Waals surface area contributed by atoms with Crippen LogP contribution < -0.4 is 15.4 Å². The van der Waals surface area contributed by atoms with Gasteiger partial charge in [-0.1, -0.05) is 6.07 Å². The molecule has 1 unspecified atom stereocenters. The molecule has 1 aliphatic rings. The van der Waals surface area contributed by atoms with Crippen LogP contribution in [0.2, 0.25) is 0 Å². The maximum Gasteiger partial charge on any atom is 0.409 e. The summed E-state index contributed by atoms with van der Waals surface area (Å²) in [6.07, 6.45) is -1.61. The minimum Gasteiger partial charge on any atom is -0.497 e. The van der Waals surface area contributed by atoms with Crippen LogP contribution in [0.1, 0.15) is 10.4 Å². The molecule has 0 radical (unpaired) electrons. The molecule has 0 saturated carbocycles. The van der Waals surface area contributed by atoms with Gasteiger partial charge in [0, 0.05) is 25.2 Å². The molecule has 0 spiro atoms. The van der Waals surface area contributed by atoms with Gasteiger partial charge in [0.15, 0.2) is 0 Å². The summed E-state index contributed by atoms with van der Waals surface area (Å²) in [5.74, 6) is 0.248. The van der Waals surface area contributed by atoms with E-state index in [2.05, 4.69) is 10.6 Å². The Labute approximate surface area is 116 Å². The Morgan fingerprint density at radius 2 is 2.30 bits per heavy atom. The van der Waals surface area contributed by atoms with E-state index in [4.69, 9.17) is 9.84 Å². The molecule has 1 aromatic rings. The van der Waals surface area contributed by atoms with Crippen LogP contribution in [0.3, 0.4) is 0 Å². The van der Waals surface area contributed by atoms with Crippen LogP contribution in [0.5, 0.6) is 5.75 Å². The summed E-state index contributed by atoms with van der Waals surface area (Å²) >= 11 is 0. The van der Waals surface area contributed by atoms with Gasteiger partial charge in [-0.25, -0.2) is 4.79 Å². The topological polar surface area (TPSA) is 90.9 Å². The van der Waals surface area contributed by atoms with E-state index in [1.54, 1.807) is 24.3 Å². The van der Waals surface area contributed by atoms with E-state index in [-0.39, 0.29) is 5.91 Å². The van der Waals surface area contributed by atoms with Gasteiger partial charge in [0.1, 0.15) is 11.9 Å². The lowest BCUT2D eigenvalue weighted by Crippen LogP contribution is -2.60. The standard InChI is InChI=1S/C13H17N3O4/c1-20-10-4-2-3-9(7-10)12(17)15-11-8-14-5-6-16(11)13(18)19/h2-4,7,11,14H,5-6,8H2,1H3,(H,15,17)(H,18,19). The van der Waals surface area contributed by atoms with E-state index in [9.17, 15) is 9.59 Å². The minimum absolute atomic E-state index is 0.330. The number of carbonyl (C=O) groups is 2. The molecular weight excluding hydrogens is 262 g/mol. The van der Waals surface area contributed by atoms with Gasteiger partial charge in [-0.05, 0) is 18.2 Å². The molecule has 1 aliphatic heterocycles. The lowest BCUT2D eigenvalue weighted by molar-refractivity contribution is 0.0778. The summed E-state index contributed by atoms with van der Waals surface area (Å²) in [6.45, 7) is 1.32. The minimum atomic E-state index is -1.04. The predicted molar refractivity (Wildman–Crippen MR) is 71.8 cm³/mol. The number of nitrogens with zero attached hydrogens (tertiary/aromatic N) is 1. The van der Waals surface area contributed by atoms with Gasteiger partial charge in [0.25, 0.3) is 5.91 Å². The molecule has 0 bridgehead atoms. The highest BCUT2D eigenvalue weighted by Gasteiger charge is 2.27. The van der Waals surface area contributed by atoms with Crippen molar-refractivity contribution in [2.24, 2.45) is 0 Å². The van der Waals surface area contributed by atoms with Gasteiger partial charge in [-0.15, -0.1) is 0 Å². The maximum absolute atomic E-state index is 12.1. The largest absolute Gasteiger partial charge is 0.497 e. The number of carboxylic acid groups (broad SMARTS) is 1. The molecule has 0 aromatic heterocycles. The third-order valence-electron chi connectivity index (χ3n) is 3.12. The molecule has 0 aliphatic carbocycles. The first-order valence-electron chi connectivity index (χ1n) is 6.27. The number of methoxy groups -OCH3 is 1. The molecule has 3 N–H and O–H groups in total. The van der Waals surface area contributed by atoms with Crippen LogP contribution in [0.4, 0.5) is 4.79 Å². The van der Waals surface area contributed by atoms with Crippen molar-refractivity contribution in [2.75, 3.05) is 26.7 Å². The molecule has 108 valence electrons. The Hall–Kier alpha value is -2.28. The normalized spacial score (nSPS) is 18.4. The number of rotatable bonds is 3. The van der Waals surface area contributed by atoms with Crippen molar-refractivity contribution >= 4 is 12.0 Å². The van der Waals surface area contributed by atoms with Crippen LogP contribution in [0.25, 0.3) is 0 Å². The molecule has 1 atom stereocenters. The van der Waals surface area contributed by atoms with Crippen molar-refractivity contribution < 1.29 is 19.4 Å². The average Bonchev–Trinajstić information content (AvgIpc) is 2.47. The smallest absolute Gasteiger partial charge is 0.409 e. The number of carbonyl (C=O) groups excluding carboxylic acids is 1. The molecule has 20 heavy (non-hydrogen) atoms. The lowest BCUT2D eigenvalue weighted by atomic mass is 10.2. The van der Waals surface area contributed by atoms with Crippen LogP contribution >= 0.6 is 0 Å². The number of hydrogen-bond donors (Lipinski definition) is 3. The van der Waals surface area contributed by atoms with Crippen molar-refractivity contribution in [3.05, 3.63) is 29.8 Å². The second-order valence-corrected chi connectivity index (χ2v) is 4.40. The molecule has 1 fully saturated rings. The number of piperazine rings is 1. The van der Waals surface area contributed by atoms with Crippen molar-refractivity contribution in [2.45, 2.75) is 6.17 Å². The number of benzene rings is 1. The van der Waals surface area contributed by atoms with E-state index >= 15 is 0 Å². The lowest BCUT2D eigenvalue weighted by Gasteiger charge is -2.34. The third kappa shape index (κ3) is 3.18. The monoisotopic (exact) mass is 279 g/mol. The van der Waals surface area contributed by atoms with E-state index < -0.39 is 12.3 Å². The van der Waals surface area contributed by atoms with Crippen molar-refractivity contribution in [1.29, 1.82) is 0 Å². The summed E-state index contributed by atoms with van der Waals surface area (Å²) in [4.78, 5) is 24.5. The van der Waals surface area contributed by atoms with Gasteiger partial charge >= 0.3 is 6.09 Å². The first-order valence-corrected chi connectivity index (χ1v) is 6.27. The van der Waals surface area contributed by atoms with Crippen molar-refractivity contribution in [1.82, 2.24) is 15.5 Å². The number of amides is 2. The van der Waals surface area contributed by atoms with E-state index in [0.29, 0.717) is 30.9 Å². The molecule has 2 rings (SSSR count). The van der Waals surface area contributed by atoms with E-state index in [1.165, 1.54) is 12.0 Å². The highest BCUT2D eigenvalue weighted by atomic mass is 16.5. The Morgan fingerprint density at radius 1 is 1.50 bits per heavy atom. The molecular formula is C13H17N3O4. The second kappa shape index (κ2) is 6.25.